The van der Waals surface area contributed by atoms with Crippen molar-refractivity contribution in [2.75, 3.05) is 0 Å². The highest BCUT2D eigenvalue weighted by molar-refractivity contribution is 7.26. The number of hydrogen-bond donors (Lipinski definition) is 0. The molecule has 0 radical (unpaired) electrons. The molecule has 0 aliphatic rings. The molecule has 4 nitrogen and oxygen atoms in total. The number of benzene rings is 8. The fraction of sp³-hybridized carbons (Fsp3) is 0. The van der Waals surface area contributed by atoms with E-state index < -0.39 is 0 Å². The Morgan fingerprint density at radius 3 is 1.84 bits per heavy atom. The van der Waals surface area contributed by atoms with Gasteiger partial charge in [0.25, 0.3) is 0 Å². The summed E-state index contributed by atoms with van der Waals surface area (Å²) < 4.78 is 9.24. The Labute approximate surface area is 337 Å². The molecule has 0 saturated carbocycles. The average Bonchev–Trinajstić information content (AvgIpc) is 3.88. The van der Waals surface area contributed by atoms with Gasteiger partial charge in [0.05, 0.1) is 16.9 Å². The largest absolute Gasteiger partial charge is 0.454 e. The number of pyridine rings is 1. The number of para-hydroxylation sites is 1. The number of aromatic nitrogens is 3. The standard InChI is InChI=1S/C53H31N3OS/c1-2-12-37(13-3-1)53-55-44(34-23-21-33(22-24-34)39-17-10-18-41-40-15-7-9-20-47(40)58-52(39)41)31-45(56-53)35-25-27-36(28-26-35)50-51-49(42-16-6-8-19-46(42)57-51)48-38-14-5-4-11-32(38)29-30-43(48)54-50/h1-31H. The van der Waals surface area contributed by atoms with E-state index in [1.165, 1.54) is 42.1 Å². The summed E-state index contributed by atoms with van der Waals surface area (Å²) in [6, 6.07) is 65.9. The van der Waals surface area contributed by atoms with E-state index in [2.05, 4.69) is 158 Å². The summed E-state index contributed by atoms with van der Waals surface area (Å²) in [4.78, 5) is 15.5. The summed E-state index contributed by atoms with van der Waals surface area (Å²) in [6.45, 7) is 0. The third-order valence-corrected chi connectivity index (χ3v) is 12.5. The molecule has 4 aromatic heterocycles. The van der Waals surface area contributed by atoms with Gasteiger partial charge in [-0.05, 0) is 46.2 Å². The molecule has 0 atom stereocenters. The van der Waals surface area contributed by atoms with Gasteiger partial charge in [-0.2, -0.15) is 0 Å². The quantitative estimate of drug-likeness (QED) is 0.164. The summed E-state index contributed by atoms with van der Waals surface area (Å²) >= 11 is 1.85. The second-order valence-corrected chi connectivity index (χ2v) is 15.8. The first-order chi connectivity index (χ1) is 28.7. The highest BCUT2D eigenvalue weighted by Gasteiger charge is 2.20. The number of hydrogen-bond acceptors (Lipinski definition) is 5. The molecule has 0 aliphatic heterocycles. The van der Waals surface area contributed by atoms with Crippen LogP contribution in [0.25, 0.3) is 120 Å². The SMILES string of the molecule is c1ccc(-c2nc(-c3ccc(-c4nc5ccc6ccccc6c5c5c4oc4ccccc45)cc3)cc(-c3ccc(-c4cccc5c4sc4ccccc45)cc3)n2)cc1. The molecule has 0 spiro atoms. The molecule has 12 aromatic rings. The summed E-state index contributed by atoms with van der Waals surface area (Å²) in [7, 11) is 0. The van der Waals surface area contributed by atoms with Crippen molar-refractivity contribution in [2.45, 2.75) is 0 Å². The van der Waals surface area contributed by atoms with Crippen molar-refractivity contribution >= 4 is 75.1 Å². The van der Waals surface area contributed by atoms with Crippen molar-refractivity contribution in [1.82, 2.24) is 15.0 Å². The van der Waals surface area contributed by atoms with E-state index in [4.69, 9.17) is 19.4 Å². The lowest BCUT2D eigenvalue weighted by atomic mass is 9.98. The third-order valence-electron chi connectivity index (χ3n) is 11.3. The molecule has 270 valence electrons. The van der Waals surface area contributed by atoms with Crippen molar-refractivity contribution in [1.29, 1.82) is 0 Å². The zero-order valence-electron chi connectivity index (χ0n) is 31.1. The Morgan fingerprint density at radius 2 is 1.05 bits per heavy atom. The Bertz CT molecular complexity index is 3550. The molecule has 5 heteroatoms. The predicted octanol–water partition coefficient (Wildman–Crippen LogP) is 14.8. The van der Waals surface area contributed by atoms with E-state index >= 15 is 0 Å². The first-order valence-electron chi connectivity index (χ1n) is 19.4. The number of nitrogens with zero attached hydrogens (tertiary/aromatic N) is 3. The maximum Gasteiger partial charge on any atom is 0.162 e. The average molecular weight is 758 g/mol. The Hall–Kier alpha value is -7.47. The zero-order chi connectivity index (χ0) is 38.2. The van der Waals surface area contributed by atoms with E-state index in [9.17, 15) is 0 Å². The van der Waals surface area contributed by atoms with Crippen LogP contribution >= 0.6 is 11.3 Å². The molecular formula is C53H31N3OS. The van der Waals surface area contributed by atoms with Gasteiger partial charge in [-0.15, -0.1) is 11.3 Å². The van der Waals surface area contributed by atoms with E-state index in [0.717, 1.165) is 72.2 Å². The monoisotopic (exact) mass is 757 g/mol. The van der Waals surface area contributed by atoms with Gasteiger partial charge in [0, 0.05) is 58.6 Å². The number of furan rings is 1. The molecule has 0 unspecified atom stereocenters. The van der Waals surface area contributed by atoms with E-state index in [-0.39, 0.29) is 0 Å². The summed E-state index contributed by atoms with van der Waals surface area (Å²) in [6.07, 6.45) is 0. The van der Waals surface area contributed by atoms with Crippen LogP contribution in [-0.4, -0.2) is 15.0 Å². The molecule has 58 heavy (non-hydrogen) atoms. The molecule has 0 aliphatic carbocycles. The lowest BCUT2D eigenvalue weighted by Gasteiger charge is -2.11. The number of rotatable bonds is 5. The molecule has 0 fully saturated rings. The van der Waals surface area contributed by atoms with E-state index in [1.807, 2.05) is 41.7 Å². The van der Waals surface area contributed by atoms with Crippen LogP contribution in [0.15, 0.2) is 192 Å². The minimum Gasteiger partial charge on any atom is -0.454 e. The summed E-state index contributed by atoms with van der Waals surface area (Å²) in [5.74, 6) is 0.684. The Balaban J connectivity index is 0.963. The second-order valence-electron chi connectivity index (χ2n) is 14.7. The maximum absolute atomic E-state index is 6.63. The van der Waals surface area contributed by atoms with Gasteiger partial charge in [0.2, 0.25) is 0 Å². The molecule has 0 amide bonds. The maximum atomic E-state index is 6.63. The minimum absolute atomic E-state index is 0.684. The van der Waals surface area contributed by atoms with Gasteiger partial charge in [0.15, 0.2) is 11.4 Å². The highest BCUT2D eigenvalue weighted by Crippen LogP contribution is 2.43. The van der Waals surface area contributed by atoms with Crippen LogP contribution in [0.5, 0.6) is 0 Å². The Morgan fingerprint density at radius 1 is 0.414 bits per heavy atom. The molecule has 4 heterocycles. The number of thiophene rings is 1. The van der Waals surface area contributed by atoms with Gasteiger partial charge in [-0.25, -0.2) is 15.0 Å². The van der Waals surface area contributed by atoms with Crippen molar-refractivity contribution in [3.05, 3.63) is 188 Å². The molecule has 8 aromatic carbocycles. The van der Waals surface area contributed by atoms with Crippen molar-refractivity contribution in [3.8, 4) is 56.3 Å². The van der Waals surface area contributed by atoms with Crippen LogP contribution < -0.4 is 0 Å². The van der Waals surface area contributed by atoms with Crippen molar-refractivity contribution in [2.24, 2.45) is 0 Å². The lowest BCUT2D eigenvalue weighted by molar-refractivity contribution is 0.669. The van der Waals surface area contributed by atoms with Gasteiger partial charge >= 0.3 is 0 Å². The fourth-order valence-corrected chi connectivity index (χ4v) is 9.73. The van der Waals surface area contributed by atoms with Crippen LogP contribution in [-0.2, 0) is 0 Å². The fourth-order valence-electron chi connectivity index (χ4n) is 8.50. The van der Waals surface area contributed by atoms with Crippen molar-refractivity contribution < 1.29 is 4.42 Å². The lowest BCUT2D eigenvalue weighted by Crippen LogP contribution is -1.96. The first kappa shape index (κ1) is 32.7. The Kier molecular flexibility index (Phi) is 7.37. The first-order valence-corrected chi connectivity index (χ1v) is 20.2. The second kappa shape index (κ2) is 13.1. The van der Waals surface area contributed by atoms with Crippen LogP contribution in [0.3, 0.4) is 0 Å². The zero-order valence-corrected chi connectivity index (χ0v) is 31.9. The molecule has 0 N–H and O–H groups in total. The minimum atomic E-state index is 0.684. The molecule has 0 bridgehead atoms. The molecule has 0 saturated heterocycles. The topological polar surface area (TPSA) is 51.8 Å². The summed E-state index contributed by atoms with van der Waals surface area (Å²) in [5.41, 5.74) is 11.5. The molecular weight excluding hydrogens is 727 g/mol. The van der Waals surface area contributed by atoms with Gasteiger partial charge in [0.1, 0.15) is 11.3 Å². The van der Waals surface area contributed by atoms with Crippen LogP contribution in [0, 0.1) is 0 Å². The van der Waals surface area contributed by atoms with Crippen LogP contribution in [0.1, 0.15) is 0 Å². The molecule has 12 rings (SSSR count). The van der Waals surface area contributed by atoms with E-state index in [0.29, 0.717) is 5.82 Å². The van der Waals surface area contributed by atoms with Gasteiger partial charge in [-0.3, -0.25) is 0 Å². The normalized spacial score (nSPS) is 11.8. The van der Waals surface area contributed by atoms with E-state index in [1.54, 1.807) is 0 Å². The third kappa shape index (κ3) is 5.25. The highest BCUT2D eigenvalue weighted by atomic mass is 32.1. The van der Waals surface area contributed by atoms with Crippen LogP contribution in [0.2, 0.25) is 0 Å². The van der Waals surface area contributed by atoms with Gasteiger partial charge in [-0.1, -0.05) is 164 Å². The predicted molar refractivity (Wildman–Crippen MR) is 242 cm³/mol. The van der Waals surface area contributed by atoms with Crippen molar-refractivity contribution in [3.63, 3.8) is 0 Å². The smallest absolute Gasteiger partial charge is 0.162 e. The number of fused-ring (bicyclic) bond motifs is 10. The summed E-state index contributed by atoms with van der Waals surface area (Å²) in [5, 5.41) is 8.25. The van der Waals surface area contributed by atoms with Crippen LogP contribution in [0.4, 0.5) is 0 Å². The van der Waals surface area contributed by atoms with Gasteiger partial charge < -0.3 is 4.42 Å².